The van der Waals surface area contributed by atoms with E-state index in [-0.39, 0.29) is 10.6 Å². The van der Waals surface area contributed by atoms with E-state index in [4.69, 9.17) is 10.5 Å². The molecule has 2 N–H and O–H groups in total. The Kier molecular flexibility index (Phi) is 4.59. The molecule has 4 nitrogen and oxygen atoms in total. The highest BCUT2D eigenvalue weighted by Gasteiger charge is 2.18. The Morgan fingerprint density at radius 3 is 2.57 bits per heavy atom. The van der Waals surface area contributed by atoms with Gasteiger partial charge < -0.3 is 10.5 Å². The van der Waals surface area contributed by atoms with E-state index in [1.165, 1.54) is 25.3 Å². The highest BCUT2D eigenvalue weighted by atomic mass is 32.2. The van der Waals surface area contributed by atoms with Gasteiger partial charge in [-0.3, -0.25) is 0 Å². The summed E-state index contributed by atoms with van der Waals surface area (Å²) >= 11 is 0. The summed E-state index contributed by atoms with van der Waals surface area (Å²) in [5.74, 6) is -0.390. The van der Waals surface area contributed by atoms with Crippen molar-refractivity contribution in [3.05, 3.63) is 59.4 Å². The lowest BCUT2D eigenvalue weighted by atomic mass is 10.1. The Balaban J connectivity index is 2.40. The van der Waals surface area contributed by atoms with Crippen LogP contribution in [-0.2, 0) is 22.1 Å². The summed E-state index contributed by atoms with van der Waals surface area (Å²) in [6.07, 6.45) is 0. The Labute approximate surface area is 123 Å². The summed E-state index contributed by atoms with van der Waals surface area (Å²) in [7, 11) is -2.19. The van der Waals surface area contributed by atoms with Crippen molar-refractivity contribution in [2.75, 3.05) is 7.11 Å². The third kappa shape index (κ3) is 3.59. The molecule has 0 heterocycles. The maximum Gasteiger partial charge on any atom is 0.182 e. The zero-order valence-corrected chi connectivity index (χ0v) is 12.4. The molecule has 0 atom stereocenters. The van der Waals surface area contributed by atoms with Crippen molar-refractivity contribution >= 4 is 9.84 Å². The van der Waals surface area contributed by atoms with Crippen molar-refractivity contribution < 1.29 is 17.5 Å². The largest absolute Gasteiger partial charge is 0.496 e. The zero-order valence-electron chi connectivity index (χ0n) is 11.5. The monoisotopic (exact) mass is 309 g/mol. The van der Waals surface area contributed by atoms with Gasteiger partial charge >= 0.3 is 0 Å². The first-order chi connectivity index (χ1) is 9.96. The Bertz CT molecular complexity index is 744. The van der Waals surface area contributed by atoms with Gasteiger partial charge in [-0.15, -0.1) is 0 Å². The molecule has 0 saturated carbocycles. The minimum absolute atomic E-state index is 0.0531. The third-order valence-corrected chi connectivity index (χ3v) is 4.74. The Morgan fingerprint density at radius 2 is 1.95 bits per heavy atom. The topological polar surface area (TPSA) is 69.4 Å². The number of methoxy groups -OCH3 is 1. The molecule has 0 aromatic heterocycles. The van der Waals surface area contributed by atoms with E-state index in [0.717, 1.165) is 11.6 Å². The normalized spacial score (nSPS) is 11.4. The van der Waals surface area contributed by atoms with E-state index >= 15 is 0 Å². The molecule has 2 aromatic rings. The molecule has 6 heteroatoms. The maximum atomic E-state index is 13.2. The molecule has 0 aliphatic carbocycles. The van der Waals surface area contributed by atoms with Crippen LogP contribution in [0.4, 0.5) is 4.39 Å². The van der Waals surface area contributed by atoms with Gasteiger partial charge in [-0.2, -0.15) is 0 Å². The number of rotatable bonds is 5. The summed E-state index contributed by atoms with van der Waals surface area (Å²) in [6.45, 7) is 0.303. The lowest BCUT2D eigenvalue weighted by Crippen LogP contribution is -2.08. The quantitative estimate of drug-likeness (QED) is 0.920. The first-order valence-electron chi connectivity index (χ1n) is 6.30. The van der Waals surface area contributed by atoms with E-state index in [9.17, 15) is 12.8 Å². The summed E-state index contributed by atoms with van der Waals surface area (Å²) in [4.78, 5) is -0.0531. The number of hydrogen-bond acceptors (Lipinski definition) is 4. The second-order valence-corrected chi connectivity index (χ2v) is 6.56. The van der Waals surface area contributed by atoms with Gasteiger partial charge in [0.25, 0.3) is 0 Å². The van der Waals surface area contributed by atoms with Crippen molar-refractivity contribution in [2.24, 2.45) is 5.73 Å². The molecule has 2 rings (SSSR count). The van der Waals surface area contributed by atoms with Crippen LogP contribution in [0.25, 0.3) is 0 Å². The predicted molar refractivity (Wildman–Crippen MR) is 78.2 cm³/mol. The van der Waals surface area contributed by atoms with Gasteiger partial charge in [-0.1, -0.05) is 12.1 Å². The van der Waals surface area contributed by atoms with E-state index in [1.807, 2.05) is 0 Å². The zero-order chi connectivity index (χ0) is 15.5. The molecule has 0 spiro atoms. The van der Waals surface area contributed by atoms with E-state index in [2.05, 4.69) is 0 Å². The standard InChI is InChI=1S/C15H16FNO3S/c1-20-15-6-5-11(9-17)7-12(15)10-21(18,19)14-4-2-3-13(16)8-14/h2-8H,9-10,17H2,1H3. The lowest BCUT2D eigenvalue weighted by molar-refractivity contribution is 0.410. The lowest BCUT2D eigenvalue weighted by Gasteiger charge is -2.11. The number of nitrogens with two attached hydrogens (primary N) is 1. The first-order valence-corrected chi connectivity index (χ1v) is 7.95. The molecule has 0 fully saturated rings. The van der Waals surface area contributed by atoms with E-state index in [0.29, 0.717) is 17.9 Å². The van der Waals surface area contributed by atoms with Gasteiger partial charge in [0.05, 0.1) is 17.8 Å². The minimum atomic E-state index is -3.65. The van der Waals surface area contributed by atoms with Gasteiger partial charge in [0.15, 0.2) is 9.84 Å². The van der Waals surface area contributed by atoms with Gasteiger partial charge in [0, 0.05) is 12.1 Å². The molecule has 0 bridgehead atoms. The molecule has 0 radical (unpaired) electrons. The molecule has 0 aliphatic heterocycles. The average molecular weight is 309 g/mol. The minimum Gasteiger partial charge on any atom is -0.496 e. The van der Waals surface area contributed by atoms with Gasteiger partial charge in [-0.05, 0) is 35.9 Å². The van der Waals surface area contributed by atoms with Crippen LogP contribution in [0.5, 0.6) is 5.75 Å². The molecule has 112 valence electrons. The molecule has 2 aromatic carbocycles. The molecular formula is C15H16FNO3S. The van der Waals surface area contributed by atoms with E-state index in [1.54, 1.807) is 18.2 Å². The number of hydrogen-bond donors (Lipinski definition) is 1. The molecule has 0 saturated heterocycles. The van der Waals surface area contributed by atoms with Crippen molar-refractivity contribution in [1.29, 1.82) is 0 Å². The smallest absolute Gasteiger partial charge is 0.182 e. The number of halogens is 1. The molecule has 0 aliphatic rings. The second kappa shape index (κ2) is 6.24. The van der Waals surface area contributed by atoms with Gasteiger partial charge in [0.2, 0.25) is 0 Å². The van der Waals surface area contributed by atoms with Crippen LogP contribution in [0.15, 0.2) is 47.4 Å². The fraction of sp³-hybridized carbons (Fsp3) is 0.200. The average Bonchev–Trinajstić information content (AvgIpc) is 2.46. The van der Waals surface area contributed by atoms with Crippen molar-refractivity contribution in [1.82, 2.24) is 0 Å². The van der Waals surface area contributed by atoms with Gasteiger partial charge in [-0.25, -0.2) is 12.8 Å². The summed E-state index contributed by atoms with van der Waals surface area (Å²) < 4.78 is 43.1. The van der Waals surface area contributed by atoms with Crippen LogP contribution in [0.1, 0.15) is 11.1 Å². The molecule has 0 unspecified atom stereocenters. The maximum absolute atomic E-state index is 13.2. The van der Waals surface area contributed by atoms with Crippen LogP contribution in [0.3, 0.4) is 0 Å². The fourth-order valence-electron chi connectivity index (χ4n) is 2.02. The van der Waals surface area contributed by atoms with Crippen LogP contribution >= 0.6 is 0 Å². The second-order valence-electron chi connectivity index (χ2n) is 4.57. The van der Waals surface area contributed by atoms with Crippen LogP contribution in [0, 0.1) is 5.82 Å². The van der Waals surface area contributed by atoms with Crippen molar-refractivity contribution in [2.45, 2.75) is 17.2 Å². The van der Waals surface area contributed by atoms with Crippen LogP contribution in [-0.4, -0.2) is 15.5 Å². The number of benzene rings is 2. The molecule has 21 heavy (non-hydrogen) atoms. The summed E-state index contributed by atoms with van der Waals surface area (Å²) in [5.41, 5.74) is 6.88. The fourth-order valence-corrected chi connectivity index (χ4v) is 3.40. The number of sulfone groups is 1. The van der Waals surface area contributed by atoms with Crippen molar-refractivity contribution in [3.8, 4) is 5.75 Å². The Hall–Kier alpha value is -1.92. The van der Waals surface area contributed by atoms with Crippen LogP contribution < -0.4 is 10.5 Å². The third-order valence-electron chi connectivity index (χ3n) is 3.08. The predicted octanol–water partition coefficient (Wildman–Crippen LogP) is 2.27. The SMILES string of the molecule is COc1ccc(CN)cc1CS(=O)(=O)c1cccc(F)c1. The van der Waals surface area contributed by atoms with Crippen molar-refractivity contribution in [3.63, 3.8) is 0 Å². The first kappa shape index (κ1) is 15.5. The summed E-state index contributed by atoms with van der Waals surface area (Å²) in [6, 6.07) is 10.1. The number of ether oxygens (including phenoxy) is 1. The Morgan fingerprint density at radius 1 is 1.19 bits per heavy atom. The molecular weight excluding hydrogens is 293 g/mol. The van der Waals surface area contributed by atoms with E-state index < -0.39 is 15.7 Å². The highest BCUT2D eigenvalue weighted by molar-refractivity contribution is 7.90. The highest BCUT2D eigenvalue weighted by Crippen LogP contribution is 2.25. The van der Waals surface area contributed by atoms with Gasteiger partial charge in [0.1, 0.15) is 11.6 Å². The summed E-state index contributed by atoms with van der Waals surface area (Å²) in [5, 5.41) is 0. The molecule has 0 amide bonds. The van der Waals surface area contributed by atoms with Crippen LogP contribution in [0.2, 0.25) is 0 Å².